The lowest BCUT2D eigenvalue weighted by molar-refractivity contribution is 0.190. The molecule has 0 aliphatic rings. The van der Waals surface area contributed by atoms with Crippen molar-refractivity contribution in [3.05, 3.63) is 42.4 Å². The van der Waals surface area contributed by atoms with E-state index >= 15 is 0 Å². The monoisotopic (exact) mass is 228 g/mol. The van der Waals surface area contributed by atoms with Crippen molar-refractivity contribution in [3.63, 3.8) is 0 Å². The van der Waals surface area contributed by atoms with Crippen LogP contribution in [0.4, 0.5) is 0 Å². The molecule has 3 aromatic rings. The van der Waals surface area contributed by atoms with Crippen molar-refractivity contribution in [2.45, 2.75) is 13.0 Å². The van der Waals surface area contributed by atoms with Gasteiger partial charge in [-0.05, 0) is 37.3 Å². The first-order valence-corrected chi connectivity index (χ1v) is 5.45. The van der Waals surface area contributed by atoms with E-state index in [0.29, 0.717) is 5.82 Å². The van der Waals surface area contributed by atoms with E-state index in [1.807, 2.05) is 30.3 Å². The smallest absolute Gasteiger partial charge is 0.135 e. The minimum atomic E-state index is -0.588. The molecule has 1 atom stereocenters. The predicted octanol–water partition coefficient (Wildman–Crippen LogP) is 2.88. The molecule has 0 radical (unpaired) electrons. The maximum atomic E-state index is 9.47. The number of imidazole rings is 1. The van der Waals surface area contributed by atoms with E-state index in [0.717, 1.165) is 22.4 Å². The lowest BCUT2D eigenvalue weighted by atomic mass is 10.1. The average Bonchev–Trinajstić information content (AvgIpc) is 2.97. The van der Waals surface area contributed by atoms with Gasteiger partial charge in [-0.1, -0.05) is 0 Å². The number of aromatic amines is 1. The first-order chi connectivity index (χ1) is 8.24. The van der Waals surface area contributed by atoms with Crippen molar-refractivity contribution >= 4 is 11.0 Å². The second-order valence-electron chi connectivity index (χ2n) is 4.01. The van der Waals surface area contributed by atoms with Crippen molar-refractivity contribution in [3.8, 4) is 11.3 Å². The van der Waals surface area contributed by atoms with Crippen LogP contribution in [0.5, 0.6) is 0 Å². The van der Waals surface area contributed by atoms with Crippen molar-refractivity contribution < 1.29 is 9.52 Å². The molecule has 86 valence electrons. The third-order valence-corrected chi connectivity index (χ3v) is 2.70. The highest BCUT2D eigenvalue weighted by Gasteiger charge is 2.09. The maximum Gasteiger partial charge on any atom is 0.135 e. The summed E-state index contributed by atoms with van der Waals surface area (Å²) in [5.41, 5.74) is 2.73. The van der Waals surface area contributed by atoms with E-state index in [9.17, 15) is 5.11 Å². The molecule has 2 N–H and O–H groups in total. The molecule has 0 fully saturated rings. The first kappa shape index (κ1) is 10.1. The fraction of sp³-hybridized carbons (Fsp3) is 0.154. The zero-order valence-corrected chi connectivity index (χ0v) is 9.34. The third-order valence-electron chi connectivity index (χ3n) is 2.70. The van der Waals surface area contributed by atoms with Gasteiger partial charge >= 0.3 is 0 Å². The number of nitrogens with zero attached hydrogens (tertiary/aromatic N) is 1. The van der Waals surface area contributed by atoms with Gasteiger partial charge in [-0.2, -0.15) is 0 Å². The van der Waals surface area contributed by atoms with Gasteiger partial charge in [0.25, 0.3) is 0 Å². The van der Waals surface area contributed by atoms with Crippen LogP contribution < -0.4 is 0 Å². The second-order valence-corrected chi connectivity index (χ2v) is 4.01. The van der Waals surface area contributed by atoms with Gasteiger partial charge in [0.15, 0.2) is 0 Å². The number of nitrogens with one attached hydrogen (secondary N) is 1. The Kier molecular flexibility index (Phi) is 2.23. The van der Waals surface area contributed by atoms with Crippen molar-refractivity contribution in [1.82, 2.24) is 9.97 Å². The van der Waals surface area contributed by atoms with Gasteiger partial charge in [0.1, 0.15) is 17.7 Å². The quantitative estimate of drug-likeness (QED) is 0.709. The van der Waals surface area contributed by atoms with Crippen LogP contribution >= 0.6 is 0 Å². The molecule has 0 bridgehead atoms. The van der Waals surface area contributed by atoms with Crippen LogP contribution in [0.25, 0.3) is 22.4 Å². The Hall–Kier alpha value is -2.07. The molecule has 1 aromatic carbocycles. The Balaban J connectivity index is 2.13. The predicted molar refractivity (Wildman–Crippen MR) is 64.4 cm³/mol. The molecule has 17 heavy (non-hydrogen) atoms. The van der Waals surface area contributed by atoms with Crippen LogP contribution in [0.3, 0.4) is 0 Å². The summed E-state index contributed by atoms with van der Waals surface area (Å²) in [5, 5.41) is 9.47. The normalized spacial score (nSPS) is 13.1. The van der Waals surface area contributed by atoms with Gasteiger partial charge in [0.2, 0.25) is 0 Å². The van der Waals surface area contributed by atoms with Crippen molar-refractivity contribution in [2.75, 3.05) is 0 Å². The topological polar surface area (TPSA) is 62.1 Å². The number of benzene rings is 1. The van der Waals surface area contributed by atoms with Crippen molar-refractivity contribution in [1.29, 1.82) is 0 Å². The largest absolute Gasteiger partial charge is 0.464 e. The van der Waals surface area contributed by atoms with Crippen LogP contribution in [0.15, 0.2) is 41.0 Å². The Morgan fingerprint density at radius 2 is 2.24 bits per heavy atom. The Morgan fingerprint density at radius 3 is 2.94 bits per heavy atom. The lowest BCUT2D eigenvalue weighted by Crippen LogP contribution is -1.92. The molecule has 2 heterocycles. The van der Waals surface area contributed by atoms with E-state index in [2.05, 4.69) is 9.97 Å². The molecule has 1 unspecified atom stereocenters. The molecule has 0 aliphatic heterocycles. The van der Waals surface area contributed by atoms with E-state index in [-0.39, 0.29) is 0 Å². The zero-order valence-electron chi connectivity index (χ0n) is 9.34. The molecule has 0 aliphatic carbocycles. The number of hydrogen-bond donors (Lipinski definition) is 2. The summed E-state index contributed by atoms with van der Waals surface area (Å²) in [6.45, 7) is 1.69. The van der Waals surface area contributed by atoms with Gasteiger partial charge in [-0.3, -0.25) is 0 Å². The van der Waals surface area contributed by atoms with Crippen molar-refractivity contribution in [2.24, 2.45) is 0 Å². The molecule has 3 rings (SSSR count). The molecule has 0 spiro atoms. The number of fused-ring (bicyclic) bond motifs is 1. The number of hydrogen-bond acceptors (Lipinski definition) is 3. The highest BCUT2D eigenvalue weighted by molar-refractivity contribution is 5.80. The van der Waals surface area contributed by atoms with E-state index < -0.39 is 6.10 Å². The summed E-state index contributed by atoms with van der Waals surface area (Å²) >= 11 is 0. The summed E-state index contributed by atoms with van der Waals surface area (Å²) < 4.78 is 5.34. The number of aromatic nitrogens is 2. The number of H-pyrrole nitrogens is 1. The van der Waals surface area contributed by atoms with E-state index in [1.54, 1.807) is 13.2 Å². The highest BCUT2D eigenvalue weighted by Crippen LogP contribution is 2.24. The summed E-state index contributed by atoms with van der Waals surface area (Å²) in [7, 11) is 0. The Bertz CT molecular complexity index is 639. The number of aliphatic hydroxyl groups is 1. The minimum absolute atomic E-state index is 0.580. The lowest BCUT2D eigenvalue weighted by Gasteiger charge is -1.96. The standard InChI is InChI=1S/C13H12N2O2/c1-8(16)13-14-10-5-4-9(7-11(10)15-13)12-3-2-6-17-12/h2-8,16H,1H3,(H,14,15). The summed E-state index contributed by atoms with van der Waals surface area (Å²) in [6.07, 6.45) is 1.06. The summed E-state index contributed by atoms with van der Waals surface area (Å²) in [5.74, 6) is 1.40. The average molecular weight is 228 g/mol. The molecule has 0 amide bonds. The molecule has 0 saturated carbocycles. The summed E-state index contributed by atoms with van der Waals surface area (Å²) in [6, 6.07) is 9.59. The Labute approximate surface area is 97.9 Å². The highest BCUT2D eigenvalue weighted by atomic mass is 16.3. The fourth-order valence-electron chi connectivity index (χ4n) is 1.82. The maximum absolute atomic E-state index is 9.47. The molecule has 2 aromatic heterocycles. The number of rotatable bonds is 2. The van der Waals surface area contributed by atoms with Gasteiger partial charge in [-0.15, -0.1) is 0 Å². The SMILES string of the molecule is CC(O)c1nc2ccc(-c3ccco3)cc2[nH]1. The van der Waals surface area contributed by atoms with Crippen LogP contribution in [-0.4, -0.2) is 15.1 Å². The Morgan fingerprint density at radius 1 is 1.35 bits per heavy atom. The molecule has 0 saturated heterocycles. The molecular formula is C13H12N2O2. The first-order valence-electron chi connectivity index (χ1n) is 5.45. The summed E-state index contributed by atoms with van der Waals surface area (Å²) in [4.78, 5) is 7.39. The van der Waals surface area contributed by atoms with Gasteiger partial charge < -0.3 is 14.5 Å². The van der Waals surface area contributed by atoms with Gasteiger partial charge in [0.05, 0.1) is 17.3 Å². The van der Waals surface area contributed by atoms with Crippen LogP contribution in [0, 0.1) is 0 Å². The minimum Gasteiger partial charge on any atom is -0.464 e. The van der Waals surface area contributed by atoms with Crippen LogP contribution in [0.2, 0.25) is 0 Å². The van der Waals surface area contributed by atoms with Crippen LogP contribution in [0.1, 0.15) is 18.9 Å². The molecule has 4 heteroatoms. The third kappa shape index (κ3) is 1.72. The van der Waals surface area contributed by atoms with E-state index in [1.165, 1.54) is 0 Å². The molecule has 4 nitrogen and oxygen atoms in total. The van der Waals surface area contributed by atoms with E-state index in [4.69, 9.17) is 4.42 Å². The second kappa shape index (κ2) is 3.75. The van der Waals surface area contributed by atoms with Crippen LogP contribution in [-0.2, 0) is 0 Å². The van der Waals surface area contributed by atoms with Gasteiger partial charge in [-0.25, -0.2) is 4.98 Å². The fourth-order valence-corrected chi connectivity index (χ4v) is 1.82. The number of aliphatic hydroxyl groups excluding tert-OH is 1. The van der Waals surface area contributed by atoms with Gasteiger partial charge in [0, 0.05) is 5.56 Å². The zero-order chi connectivity index (χ0) is 11.8. The number of furan rings is 1. The molecular weight excluding hydrogens is 216 g/mol.